The molecule has 0 spiro atoms. The van der Waals surface area contributed by atoms with E-state index in [2.05, 4.69) is 25.7 Å². The third-order valence-electron chi connectivity index (χ3n) is 5.68. The van der Waals surface area contributed by atoms with Crippen LogP contribution in [0.4, 0.5) is 26.1 Å². The lowest BCUT2D eigenvalue weighted by molar-refractivity contribution is 0.506. The Morgan fingerprint density at radius 2 is 1.82 bits per heavy atom. The lowest BCUT2D eigenvalue weighted by Gasteiger charge is -2.17. The van der Waals surface area contributed by atoms with E-state index >= 15 is 0 Å². The van der Waals surface area contributed by atoms with Gasteiger partial charge in [0.2, 0.25) is 5.95 Å². The van der Waals surface area contributed by atoms with Crippen molar-refractivity contribution < 1.29 is 8.78 Å². The van der Waals surface area contributed by atoms with E-state index in [4.69, 9.17) is 23.2 Å². The highest BCUT2D eigenvalue weighted by Crippen LogP contribution is 2.29. The molecule has 0 aliphatic carbocycles. The summed E-state index contributed by atoms with van der Waals surface area (Å²) in [7, 11) is 3.41. The van der Waals surface area contributed by atoms with E-state index in [1.54, 1.807) is 37.1 Å². The van der Waals surface area contributed by atoms with Crippen LogP contribution >= 0.6 is 23.2 Å². The summed E-state index contributed by atoms with van der Waals surface area (Å²) in [6, 6.07) is 6.93. The van der Waals surface area contributed by atoms with Crippen LogP contribution in [0.1, 0.15) is 5.56 Å². The molecule has 2 N–H and O–H groups in total. The number of aryl methyl sites for hydroxylation is 1. The standard InChI is InChI=1S/C24H18Cl2F2N8O2/c1-29-14-6-15(9-30-8-14)36-23(37)32-22(31-20-5-13-11-34(2)33-19(13)7-16(20)25)35(24(36)38)10-12-3-17(26)21(28)18(27)4-12/h3-9,11,29H,10H2,1-2H3,(H,31,32,37). The highest BCUT2D eigenvalue weighted by molar-refractivity contribution is 6.34. The van der Waals surface area contributed by atoms with Crippen LogP contribution in [0.5, 0.6) is 0 Å². The molecule has 10 nitrogen and oxygen atoms in total. The molecule has 14 heteroatoms. The fourth-order valence-electron chi connectivity index (χ4n) is 3.91. The van der Waals surface area contributed by atoms with Crippen molar-refractivity contribution in [3.8, 4) is 5.69 Å². The number of pyridine rings is 1. The summed E-state index contributed by atoms with van der Waals surface area (Å²) in [6.45, 7) is -0.308. The van der Waals surface area contributed by atoms with Crippen LogP contribution in [-0.2, 0) is 13.6 Å². The molecule has 0 aliphatic heterocycles. The van der Waals surface area contributed by atoms with Gasteiger partial charge >= 0.3 is 11.4 Å². The first kappa shape index (κ1) is 25.4. The van der Waals surface area contributed by atoms with Crippen molar-refractivity contribution in [2.24, 2.45) is 7.05 Å². The minimum absolute atomic E-state index is 0.151. The fraction of sp³-hybridized carbons (Fsp3) is 0.125. The number of rotatable bonds is 6. The Morgan fingerprint density at radius 1 is 1.03 bits per heavy atom. The predicted octanol–water partition coefficient (Wildman–Crippen LogP) is 4.09. The molecule has 2 aromatic carbocycles. The zero-order valence-corrected chi connectivity index (χ0v) is 21.3. The molecule has 5 aromatic rings. The first-order valence-corrected chi connectivity index (χ1v) is 11.8. The lowest BCUT2D eigenvalue weighted by atomic mass is 10.2. The Kier molecular flexibility index (Phi) is 6.59. The van der Waals surface area contributed by atoms with Gasteiger partial charge in [-0.1, -0.05) is 23.2 Å². The molecule has 5 rings (SSSR count). The second-order valence-electron chi connectivity index (χ2n) is 8.30. The molecule has 0 radical (unpaired) electrons. The van der Waals surface area contributed by atoms with Crippen molar-refractivity contribution in [2.45, 2.75) is 6.54 Å². The molecule has 0 unspecified atom stereocenters. The number of nitrogens with zero attached hydrogens (tertiary/aromatic N) is 6. The molecule has 3 heterocycles. The zero-order chi connectivity index (χ0) is 27.1. The first-order chi connectivity index (χ1) is 18.1. The Bertz CT molecular complexity index is 1810. The Labute approximate surface area is 223 Å². The Hall–Kier alpha value is -4.29. The van der Waals surface area contributed by atoms with E-state index in [0.29, 0.717) is 16.9 Å². The zero-order valence-electron chi connectivity index (χ0n) is 19.8. The summed E-state index contributed by atoms with van der Waals surface area (Å²) in [5, 5.41) is 10.6. The van der Waals surface area contributed by atoms with Gasteiger partial charge in [-0.3, -0.25) is 14.2 Å². The van der Waals surface area contributed by atoms with Crippen LogP contribution in [0, 0.1) is 11.6 Å². The van der Waals surface area contributed by atoms with Gasteiger partial charge in [-0.15, -0.1) is 0 Å². The predicted molar refractivity (Wildman–Crippen MR) is 141 cm³/mol. The van der Waals surface area contributed by atoms with Gasteiger partial charge in [-0.05, 0) is 35.9 Å². The summed E-state index contributed by atoms with van der Waals surface area (Å²) in [5.41, 5.74) is 0.114. The van der Waals surface area contributed by atoms with E-state index < -0.39 is 28.0 Å². The van der Waals surface area contributed by atoms with Crippen molar-refractivity contribution >= 4 is 51.4 Å². The minimum Gasteiger partial charge on any atom is -0.387 e. The van der Waals surface area contributed by atoms with Crippen molar-refractivity contribution in [2.75, 3.05) is 17.7 Å². The van der Waals surface area contributed by atoms with Gasteiger partial charge in [-0.25, -0.2) is 22.9 Å². The average Bonchev–Trinajstić information content (AvgIpc) is 3.23. The van der Waals surface area contributed by atoms with Gasteiger partial charge < -0.3 is 10.6 Å². The molecule has 0 saturated carbocycles. The van der Waals surface area contributed by atoms with E-state index in [9.17, 15) is 18.4 Å². The molecule has 0 bridgehead atoms. The minimum atomic E-state index is -1.21. The van der Waals surface area contributed by atoms with E-state index in [1.807, 2.05) is 0 Å². The van der Waals surface area contributed by atoms with Crippen LogP contribution in [0.25, 0.3) is 16.6 Å². The van der Waals surface area contributed by atoms with Gasteiger partial charge in [0.15, 0.2) is 11.6 Å². The van der Waals surface area contributed by atoms with Crippen molar-refractivity contribution in [3.63, 3.8) is 0 Å². The molecule has 0 atom stereocenters. The Balaban J connectivity index is 1.69. The smallest absolute Gasteiger partial charge is 0.359 e. The quantitative estimate of drug-likeness (QED) is 0.302. The Morgan fingerprint density at radius 3 is 2.55 bits per heavy atom. The maximum Gasteiger partial charge on any atom is 0.359 e. The maximum absolute atomic E-state index is 14.1. The summed E-state index contributed by atoms with van der Waals surface area (Å²) < 4.78 is 31.4. The van der Waals surface area contributed by atoms with Crippen molar-refractivity contribution in [1.82, 2.24) is 28.9 Å². The molecule has 194 valence electrons. The molecule has 3 aromatic heterocycles. The molecular formula is C24H18Cl2F2N8O2. The summed E-state index contributed by atoms with van der Waals surface area (Å²) >= 11 is 12.3. The summed E-state index contributed by atoms with van der Waals surface area (Å²) in [6.07, 6.45) is 4.60. The number of hydrogen-bond donors (Lipinski definition) is 2. The second-order valence-corrected chi connectivity index (χ2v) is 9.11. The number of hydrogen-bond acceptors (Lipinski definition) is 7. The monoisotopic (exact) mass is 558 g/mol. The maximum atomic E-state index is 14.1. The number of anilines is 3. The van der Waals surface area contributed by atoms with E-state index in [1.165, 1.54) is 24.5 Å². The number of fused-ring (bicyclic) bond motifs is 1. The molecule has 0 amide bonds. The third kappa shape index (κ3) is 4.71. The normalized spacial score (nSPS) is 11.2. The molecule has 0 saturated heterocycles. The van der Waals surface area contributed by atoms with Crippen LogP contribution in [0.15, 0.2) is 58.5 Å². The summed E-state index contributed by atoms with van der Waals surface area (Å²) in [5.74, 6) is -2.58. The van der Waals surface area contributed by atoms with Gasteiger partial charge in [0.1, 0.15) is 0 Å². The lowest BCUT2D eigenvalue weighted by Crippen LogP contribution is -2.41. The van der Waals surface area contributed by atoms with Crippen LogP contribution in [-0.4, -0.2) is 35.9 Å². The number of nitrogens with one attached hydrogen (secondary N) is 2. The van der Waals surface area contributed by atoms with Crippen LogP contribution in [0.2, 0.25) is 10.0 Å². The average molecular weight is 559 g/mol. The third-order valence-corrected chi connectivity index (χ3v) is 6.27. The fourth-order valence-corrected chi connectivity index (χ4v) is 4.34. The molecule has 0 fully saturated rings. The SMILES string of the molecule is CNc1cncc(-n2c(=O)nc(Nc3cc4cn(C)nc4cc3Cl)n(Cc3cc(F)c(F)c(Cl)c3)c2=O)c1. The van der Waals surface area contributed by atoms with E-state index in [-0.39, 0.29) is 28.8 Å². The number of benzene rings is 2. The summed E-state index contributed by atoms with van der Waals surface area (Å²) in [4.78, 5) is 34.9. The number of halogens is 4. The molecule has 0 aliphatic rings. The largest absolute Gasteiger partial charge is 0.387 e. The van der Waals surface area contributed by atoms with Gasteiger partial charge in [-0.2, -0.15) is 10.1 Å². The van der Waals surface area contributed by atoms with Gasteiger partial charge in [0, 0.05) is 25.7 Å². The highest BCUT2D eigenvalue weighted by Gasteiger charge is 2.19. The van der Waals surface area contributed by atoms with Crippen LogP contribution in [0.3, 0.4) is 0 Å². The molecule has 38 heavy (non-hydrogen) atoms. The highest BCUT2D eigenvalue weighted by atomic mass is 35.5. The van der Waals surface area contributed by atoms with Gasteiger partial charge in [0.05, 0.1) is 51.6 Å². The number of aromatic nitrogens is 6. The molecular weight excluding hydrogens is 541 g/mol. The van der Waals surface area contributed by atoms with Gasteiger partial charge in [0.25, 0.3) is 0 Å². The van der Waals surface area contributed by atoms with Crippen molar-refractivity contribution in [1.29, 1.82) is 0 Å². The first-order valence-electron chi connectivity index (χ1n) is 11.0. The van der Waals surface area contributed by atoms with Crippen molar-refractivity contribution in [3.05, 3.63) is 97.1 Å². The van der Waals surface area contributed by atoms with Crippen LogP contribution < -0.4 is 22.0 Å². The van der Waals surface area contributed by atoms with E-state index in [0.717, 1.165) is 20.6 Å². The second kappa shape index (κ2) is 9.88. The topological polar surface area (TPSA) is 112 Å².